The largest absolute Gasteiger partial charge is 0.481 e. The molecule has 0 spiro atoms. The highest BCUT2D eigenvalue weighted by molar-refractivity contribution is 5.85. The molecule has 0 radical (unpaired) electrons. The molecule has 2 amide bonds. The predicted molar refractivity (Wildman–Crippen MR) is 121 cm³/mol. The molecule has 1 atom stereocenters. The first-order chi connectivity index (χ1) is 15.2. The zero-order chi connectivity index (χ0) is 23.3. The molecule has 170 valence electrons. The Bertz CT molecular complexity index is 956. The van der Waals surface area contributed by atoms with Crippen molar-refractivity contribution in [2.24, 2.45) is 5.41 Å². The Hall–Kier alpha value is -3.35. The van der Waals surface area contributed by atoms with Gasteiger partial charge in [0.15, 0.2) is 0 Å². The maximum atomic E-state index is 12.5. The SMILES string of the molecule is CC[C@@H](NC(=O)OCC1c2ccccc2-c2ccccc21)C(=O)NCC(C)(C)CC(=O)O. The number of carboxylic acids is 1. The minimum Gasteiger partial charge on any atom is -0.481 e. The van der Waals surface area contributed by atoms with E-state index in [1.54, 1.807) is 20.8 Å². The fourth-order valence-electron chi connectivity index (χ4n) is 4.06. The van der Waals surface area contributed by atoms with Crippen LogP contribution in [-0.4, -0.2) is 42.3 Å². The van der Waals surface area contributed by atoms with Crippen molar-refractivity contribution in [2.45, 2.75) is 45.6 Å². The summed E-state index contributed by atoms with van der Waals surface area (Å²) in [4.78, 5) is 35.9. The van der Waals surface area contributed by atoms with Gasteiger partial charge in [0.05, 0.1) is 6.42 Å². The van der Waals surface area contributed by atoms with Crippen LogP contribution >= 0.6 is 0 Å². The van der Waals surface area contributed by atoms with Gasteiger partial charge in [0, 0.05) is 12.5 Å². The second-order valence-corrected chi connectivity index (χ2v) is 8.88. The summed E-state index contributed by atoms with van der Waals surface area (Å²) in [5.74, 6) is -1.34. The van der Waals surface area contributed by atoms with Crippen molar-refractivity contribution in [3.05, 3.63) is 59.7 Å². The van der Waals surface area contributed by atoms with Gasteiger partial charge < -0.3 is 20.5 Å². The number of carboxylic acid groups (broad SMARTS) is 1. The van der Waals surface area contributed by atoms with Crippen LogP contribution in [0.4, 0.5) is 4.79 Å². The fourth-order valence-corrected chi connectivity index (χ4v) is 4.06. The van der Waals surface area contributed by atoms with Gasteiger partial charge in [-0.2, -0.15) is 0 Å². The van der Waals surface area contributed by atoms with Crippen molar-refractivity contribution in [3.8, 4) is 11.1 Å². The molecule has 2 aromatic rings. The first-order valence-corrected chi connectivity index (χ1v) is 10.8. The van der Waals surface area contributed by atoms with E-state index in [0.717, 1.165) is 22.3 Å². The molecule has 0 saturated heterocycles. The highest BCUT2D eigenvalue weighted by Gasteiger charge is 2.30. The monoisotopic (exact) mass is 438 g/mol. The summed E-state index contributed by atoms with van der Waals surface area (Å²) in [6.45, 7) is 5.68. The zero-order valence-electron chi connectivity index (χ0n) is 18.7. The quantitative estimate of drug-likeness (QED) is 0.550. The number of hydrogen-bond acceptors (Lipinski definition) is 4. The first-order valence-electron chi connectivity index (χ1n) is 10.8. The Morgan fingerprint density at radius 2 is 1.59 bits per heavy atom. The van der Waals surface area contributed by atoms with Crippen molar-refractivity contribution in [3.63, 3.8) is 0 Å². The lowest BCUT2D eigenvalue weighted by Gasteiger charge is -2.24. The van der Waals surface area contributed by atoms with Gasteiger partial charge in [-0.05, 0) is 34.1 Å². The smallest absolute Gasteiger partial charge is 0.407 e. The number of benzene rings is 2. The number of fused-ring (bicyclic) bond motifs is 3. The molecule has 3 rings (SSSR count). The molecule has 0 aliphatic heterocycles. The topological polar surface area (TPSA) is 105 Å². The number of ether oxygens (including phenoxy) is 1. The summed E-state index contributed by atoms with van der Waals surface area (Å²) in [5, 5.41) is 14.3. The van der Waals surface area contributed by atoms with Gasteiger partial charge in [-0.3, -0.25) is 9.59 Å². The van der Waals surface area contributed by atoms with Crippen molar-refractivity contribution in [1.82, 2.24) is 10.6 Å². The number of carbonyl (C=O) groups excluding carboxylic acids is 2. The normalized spacial score (nSPS) is 13.6. The number of nitrogens with one attached hydrogen (secondary N) is 2. The molecule has 0 saturated carbocycles. The second kappa shape index (κ2) is 9.85. The average Bonchev–Trinajstić information content (AvgIpc) is 3.07. The summed E-state index contributed by atoms with van der Waals surface area (Å²) in [6.07, 6.45) is -0.335. The van der Waals surface area contributed by atoms with E-state index in [-0.39, 0.29) is 31.4 Å². The van der Waals surface area contributed by atoms with E-state index in [0.29, 0.717) is 6.42 Å². The van der Waals surface area contributed by atoms with Crippen LogP contribution in [0.5, 0.6) is 0 Å². The lowest BCUT2D eigenvalue weighted by atomic mass is 9.89. The van der Waals surface area contributed by atoms with Crippen LogP contribution in [0.3, 0.4) is 0 Å². The summed E-state index contributed by atoms with van der Waals surface area (Å²) in [6, 6.07) is 15.4. The average molecular weight is 439 g/mol. The van der Waals surface area contributed by atoms with Crippen molar-refractivity contribution >= 4 is 18.0 Å². The van der Waals surface area contributed by atoms with E-state index < -0.39 is 23.5 Å². The Morgan fingerprint density at radius 1 is 1.03 bits per heavy atom. The third-order valence-electron chi connectivity index (χ3n) is 5.73. The molecule has 7 heteroatoms. The standard InChI is InChI=1S/C25H30N2O5/c1-4-21(23(30)26-15-25(2,3)13-22(28)29)27-24(31)32-14-20-18-11-7-5-9-16(18)17-10-6-8-12-19(17)20/h5-12,20-21H,4,13-15H2,1-3H3,(H,26,30)(H,27,31)(H,28,29)/t21-/m1/s1. The number of aliphatic carboxylic acids is 1. The maximum Gasteiger partial charge on any atom is 0.407 e. The van der Waals surface area contributed by atoms with Crippen LogP contribution in [-0.2, 0) is 14.3 Å². The number of hydrogen-bond donors (Lipinski definition) is 3. The molecule has 1 aliphatic rings. The van der Waals surface area contributed by atoms with E-state index in [9.17, 15) is 14.4 Å². The first kappa shape index (κ1) is 23.3. The molecule has 32 heavy (non-hydrogen) atoms. The van der Waals surface area contributed by atoms with E-state index in [4.69, 9.17) is 9.84 Å². The maximum absolute atomic E-state index is 12.5. The van der Waals surface area contributed by atoms with Gasteiger partial charge in [-0.15, -0.1) is 0 Å². The number of carbonyl (C=O) groups is 3. The van der Waals surface area contributed by atoms with Crippen molar-refractivity contribution in [2.75, 3.05) is 13.2 Å². The van der Waals surface area contributed by atoms with Gasteiger partial charge in [0.1, 0.15) is 12.6 Å². The minimum atomic E-state index is -0.923. The van der Waals surface area contributed by atoms with Gasteiger partial charge in [-0.25, -0.2) is 4.79 Å². The summed E-state index contributed by atoms with van der Waals surface area (Å²) < 4.78 is 5.51. The third-order valence-corrected chi connectivity index (χ3v) is 5.73. The van der Waals surface area contributed by atoms with Gasteiger partial charge in [-0.1, -0.05) is 69.3 Å². The fraction of sp³-hybridized carbons (Fsp3) is 0.400. The highest BCUT2D eigenvalue weighted by atomic mass is 16.5. The van der Waals surface area contributed by atoms with Crippen LogP contribution in [0, 0.1) is 5.41 Å². The van der Waals surface area contributed by atoms with Crippen LogP contribution in [0.1, 0.15) is 50.7 Å². The number of amides is 2. The van der Waals surface area contributed by atoms with E-state index >= 15 is 0 Å². The van der Waals surface area contributed by atoms with Gasteiger partial charge in [0.25, 0.3) is 0 Å². The molecule has 2 aromatic carbocycles. The van der Waals surface area contributed by atoms with Gasteiger partial charge in [0.2, 0.25) is 5.91 Å². The molecular weight excluding hydrogens is 408 g/mol. The third kappa shape index (κ3) is 5.46. The minimum absolute atomic E-state index is 0.0566. The van der Waals surface area contributed by atoms with Crippen LogP contribution in [0.15, 0.2) is 48.5 Å². The number of alkyl carbamates (subject to hydrolysis) is 1. The predicted octanol–water partition coefficient (Wildman–Crippen LogP) is 3.92. The molecule has 7 nitrogen and oxygen atoms in total. The molecule has 0 bridgehead atoms. The van der Waals surface area contributed by atoms with Gasteiger partial charge >= 0.3 is 12.1 Å². The van der Waals surface area contributed by atoms with E-state index in [1.807, 2.05) is 36.4 Å². The van der Waals surface area contributed by atoms with Crippen molar-refractivity contribution in [1.29, 1.82) is 0 Å². The second-order valence-electron chi connectivity index (χ2n) is 8.88. The molecule has 0 aromatic heterocycles. The summed E-state index contributed by atoms with van der Waals surface area (Å²) in [5.41, 5.74) is 3.93. The molecule has 0 unspecified atom stereocenters. The molecule has 3 N–H and O–H groups in total. The zero-order valence-corrected chi connectivity index (χ0v) is 18.7. The van der Waals surface area contributed by atoms with Crippen molar-refractivity contribution < 1.29 is 24.2 Å². The summed E-state index contributed by atoms with van der Waals surface area (Å²) in [7, 11) is 0. The van der Waals surface area contributed by atoms with E-state index in [2.05, 4.69) is 22.8 Å². The number of rotatable bonds is 9. The summed E-state index contributed by atoms with van der Waals surface area (Å²) >= 11 is 0. The lowest BCUT2D eigenvalue weighted by Crippen LogP contribution is -2.48. The Balaban J connectivity index is 1.57. The molecule has 0 heterocycles. The Kier molecular flexibility index (Phi) is 7.18. The van der Waals surface area contributed by atoms with Crippen LogP contribution in [0.25, 0.3) is 11.1 Å². The molecule has 0 fully saturated rings. The van der Waals surface area contributed by atoms with Crippen LogP contribution in [0.2, 0.25) is 0 Å². The highest BCUT2D eigenvalue weighted by Crippen LogP contribution is 2.44. The van der Waals surface area contributed by atoms with Crippen LogP contribution < -0.4 is 10.6 Å². The molecular formula is C25H30N2O5. The lowest BCUT2D eigenvalue weighted by molar-refractivity contribution is -0.139. The Morgan fingerprint density at radius 3 is 2.12 bits per heavy atom. The van der Waals surface area contributed by atoms with E-state index in [1.165, 1.54) is 0 Å². The Labute approximate surface area is 188 Å². The molecule has 1 aliphatic carbocycles.